The Morgan fingerprint density at radius 1 is 1.60 bits per heavy atom. The molecular formula is C11H13ClO3. The number of halogens is 1. The molecule has 0 fully saturated rings. The molecule has 4 heteroatoms. The highest BCUT2D eigenvalue weighted by Gasteiger charge is 2.14. The molecule has 0 spiro atoms. The van der Waals surface area contributed by atoms with Crippen molar-refractivity contribution in [1.82, 2.24) is 0 Å². The molecule has 1 aromatic rings. The van der Waals surface area contributed by atoms with Gasteiger partial charge in [-0.15, -0.1) is 0 Å². The zero-order valence-corrected chi connectivity index (χ0v) is 9.47. The average molecular weight is 229 g/mol. The van der Waals surface area contributed by atoms with Crippen molar-refractivity contribution in [2.75, 3.05) is 7.11 Å². The van der Waals surface area contributed by atoms with Crippen molar-refractivity contribution in [1.29, 1.82) is 0 Å². The maximum atomic E-state index is 10.3. The lowest BCUT2D eigenvalue weighted by molar-refractivity contribution is -0.107. The van der Waals surface area contributed by atoms with E-state index in [1.165, 1.54) is 7.11 Å². The smallest absolute Gasteiger partial charge is 0.179 e. The molecule has 0 bridgehead atoms. The van der Waals surface area contributed by atoms with Crippen molar-refractivity contribution >= 4 is 17.9 Å². The van der Waals surface area contributed by atoms with Gasteiger partial charge in [0.2, 0.25) is 0 Å². The number of phenolic OH excluding ortho intramolecular Hbond substituents is 1. The summed E-state index contributed by atoms with van der Waals surface area (Å²) in [6.07, 6.45) is 1.69. The standard InChI is InChI=1S/C11H13ClO3/c1-7-6-9(12)11(15-2)10(14)8(7)4-3-5-13/h5-6,14H,3-4H2,1-2H3. The number of aldehydes is 1. The second-order valence-electron chi connectivity index (χ2n) is 3.24. The Balaban J connectivity index is 3.19. The van der Waals surface area contributed by atoms with E-state index < -0.39 is 0 Å². The van der Waals surface area contributed by atoms with E-state index in [1.54, 1.807) is 6.07 Å². The van der Waals surface area contributed by atoms with Gasteiger partial charge < -0.3 is 14.6 Å². The normalized spacial score (nSPS) is 10.1. The molecule has 0 amide bonds. The fourth-order valence-electron chi connectivity index (χ4n) is 1.49. The van der Waals surface area contributed by atoms with Crippen LogP contribution >= 0.6 is 11.6 Å². The van der Waals surface area contributed by atoms with E-state index in [4.69, 9.17) is 16.3 Å². The number of carbonyl (C=O) groups is 1. The number of hydrogen-bond acceptors (Lipinski definition) is 3. The summed E-state index contributed by atoms with van der Waals surface area (Å²) in [6.45, 7) is 1.84. The molecule has 1 rings (SSSR count). The molecule has 1 aromatic carbocycles. The summed E-state index contributed by atoms with van der Waals surface area (Å²) < 4.78 is 4.98. The van der Waals surface area contributed by atoms with Crippen LogP contribution in [-0.2, 0) is 11.2 Å². The van der Waals surface area contributed by atoms with Crippen LogP contribution in [0.25, 0.3) is 0 Å². The van der Waals surface area contributed by atoms with Crippen molar-refractivity contribution in [2.45, 2.75) is 19.8 Å². The molecule has 1 N–H and O–H groups in total. The molecule has 0 unspecified atom stereocenters. The number of aromatic hydroxyl groups is 1. The SMILES string of the molecule is COc1c(Cl)cc(C)c(CCC=O)c1O. The molecule has 0 aliphatic rings. The van der Waals surface area contributed by atoms with Crippen LogP contribution in [0.4, 0.5) is 0 Å². The zero-order chi connectivity index (χ0) is 11.4. The van der Waals surface area contributed by atoms with Crippen LogP contribution in [-0.4, -0.2) is 18.5 Å². The molecule has 0 saturated heterocycles. The number of methoxy groups -OCH3 is 1. The molecule has 0 heterocycles. The van der Waals surface area contributed by atoms with Gasteiger partial charge in [-0.1, -0.05) is 11.6 Å². The third kappa shape index (κ3) is 2.42. The van der Waals surface area contributed by atoms with Gasteiger partial charge in [0.25, 0.3) is 0 Å². The first-order chi connectivity index (χ1) is 7.11. The summed E-state index contributed by atoms with van der Waals surface area (Å²) in [7, 11) is 1.44. The van der Waals surface area contributed by atoms with Crippen molar-refractivity contribution in [3.8, 4) is 11.5 Å². The second-order valence-corrected chi connectivity index (χ2v) is 3.65. The number of phenols is 1. The lowest BCUT2D eigenvalue weighted by atomic mass is 10.0. The molecular weight excluding hydrogens is 216 g/mol. The third-order valence-corrected chi connectivity index (χ3v) is 2.53. The number of ether oxygens (including phenoxy) is 1. The summed E-state index contributed by atoms with van der Waals surface area (Å²) in [5.74, 6) is 0.299. The molecule has 0 atom stereocenters. The Bertz CT molecular complexity index is 375. The Hall–Kier alpha value is -1.22. The third-order valence-electron chi connectivity index (χ3n) is 2.25. The molecule has 15 heavy (non-hydrogen) atoms. The summed E-state index contributed by atoms with van der Waals surface area (Å²) in [4.78, 5) is 10.3. The number of aryl methyl sites for hydroxylation is 1. The topological polar surface area (TPSA) is 46.5 Å². The van der Waals surface area contributed by atoms with E-state index in [0.717, 1.165) is 11.8 Å². The van der Waals surface area contributed by atoms with E-state index in [0.29, 0.717) is 23.4 Å². The van der Waals surface area contributed by atoms with Gasteiger partial charge in [-0.25, -0.2) is 0 Å². The fourth-order valence-corrected chi connectivity index (χ4v) is 1.82. The number of hydrogen-bond donors (Lipinski definition) is 1. The first kappa shape index (κ1) is 11.9. The lowest BCUT2D eigenvalue weighted by Crippen LogP contribution is -1.95. The van der Waals surface area contributed by atoms with E-state index in [1.807, 2.05) is 6.92 Å². The minimum absolute atomic E-state index is 0.0318. The quantitative estimate of drug-likeness (QED) is 0.806. The zero-order valence-electron chi connectivity index (χ0n) is 8.71. The first-order valence-electron chi connectivity index (χ1n) is 4.60. The summed E-state index contributed by atoms with van der Waals surface area (Å²) in [5.41, 5.74) is 1.57. The van der Waals surface area contributed by atoms with Gasteiger partial charge in [0.15, 0.2) is 11.5 Å². The van der Waals surface area contributed by atoms with Gasteiger partial charge in [-0.2, -0.15) is 0 Å². The van der Waals surface area contributed by atoms with Gasteiger partial charge >= 0.3 is 0 Å². The van der Waals surface area contributed by atoms with Crippen molar-refractivity contribution in [3.63, 3.8) is 0 Å². The number of benzene rings is 1. The van der Waals surface area contributed by atoms with Gasteiger partial charge in [-0.05, 0) is 25.0 Å². The second kappa shape index (κ2) is 5.03. The van der Waals surface area contributed by atoms with Gasteiger partial charge in [-0.3, -0.25) is 0 Å². The molecule has 0 radical (unpaired) electrons. The first-order valence-corrected chi connectivity index (χ1v) is 4.98. The molecule has 82 valence electrons. The van der Waals surface area contributed by atoms with Crippen LogP contribution in [0.1, 0.15) is 17.5 Å². The summed E-state index contributed by atoms with van der Waals surface area (Å²) in [5, 5.41) is 10.2. The minimum Gasteiger partial charge on any atom is -0.504 e. The van der Waals surface area contributed by atoms with Crippen LogP contribution in [0.3, 0.4) is 0 Å². The fraction of sp³-hybridized carbons (Fsp3) is 0.364. The van der Waals surface area contributed by atoms with Crippen LogP contribution < -0.4 is 4.74 Å². The maximum Gasteiger partial charge on any atom is 0.179 e. The van der Waals surface area contributed by atoms with Crippen LogP contribution in [0.15, 0.2) is 6.07 Å². The van der Waals surface area contributed by atoms with Crippen molar-refractivity contribution < 1.29 is 14.6 Å². The molecule has 0 aliphatic heterocycles. The Kier molecular flexibility index (Phi) is 3.97. The van der Waals surface area contributed by atoms with Gasteiger partial charge in [0, 0.05) is 12.0 Å². The van der Waals surface area contributed by atoms with Crippen LogP contribution in [0.5, 0.6) is 11.5 Å². The highest BCUT2D eigenvalue weighted by molar-refractivity contribution is 6.32. The highest BCUT2D eigenvalue weighted by atomic mass is 35.5. The predicted octanol–water partition coefficient (Wildman–Crippen LogP) is 2.49. The van der Waals surface area contributed by atoms with Crippen LogP contribution in [0.2, 0.25) is 5.02 Å². The Labute approximate surface area is 93.6 Å². The average Bonchev–Trinajstić information content (AvgIpc) is 2.17. The molecule has 0 aromatic heterocycles. The maximum absolute atomic E-state index is 10.3. The predicted molar refractivity (Wildman–Crippen MR) is 58.8 cm³/mol. The highest BCUT2D eigenvalue weighted by Crippen LogP contribution is 2.39. The summed E-state index contributed by atoms with van der Waals surface area (Å²) in [6, 6.07) is 1.72. The lowest BCUT2D eigenvalue weighted by Gasteiger charge is -2.12. The van der Waals surface area contributed by atoms with E-state index in [2.05, 4.69) is 0 Å². The largest absolute Gasteiger partial charge is 0.504 e. The summed E-state index contributed by atoms with van der Waals surface area (Å²) >= 11 is 5.89. The minimum atomic E-state index is 0.0318. The van der Waals surface area contributed by atoms with Crippen LogP contribution in [0, 0.1) is 6.92 Å². The van der Waals surface area contributed by atoms with E-state index >= 15 is 0 Å². The molecule has 3 nitrogen and oxygen atoms in total. The Morgan fingerprint density at radius 3 is 2.80 bits per heavy atom. The number of carbonyl (C=O) groups excluding carboxylic acids is 1. The van der Waals surface area contributed by atoms with E-state index in [-0.39, 0.29) is 11.5 Å². The molecule has 0 aliphatic carbocycles. The molecule has 0 saturated carbocycles. The Morgan fingerprint density at radius 2 is 2.27 bits per heavy atom. The van der Waals surface area contributed by atoms with Crippen molar-refractivity contribution in [2.24, 2.45) is 0 Å². The van der Waals surface area contributed by atoms with Gasteiger partial charge in [0.1, 0.15) is 6.29 Å². The monoisotopic (exact) mass is 228 g/mol. The van der Waals surface area contributed by atoms with E-state index in [9.17, 15) is 9.90 Å². The van der Waals surface area contributed by atoms with Crippen molar-refractivity contribution in [3.05, 3.63) is 22.2 Å². The number of rotatable bonds is 4. The van der Waals surface area contributed by atoms with Gasteiger partial charge in [0.05, 0.1) is 12.1 Å².